The first-order chi connectivity index (χ1) is 9.47. The van der Waals surface area contributed by atoms with Crippen molar-refractivity contribution in [2.45, 2.75) is 0 Å². The minimum Gasteiger partial charge on any atom is -0.330 e. The molecule has 0 aliphatic carbocycles. The fourth-order valence-electron chi connectivity index (χ4n) is 2.00. The second-order valence-electron chi connectivity index (χ2n) is 4.14. The molecule has 0 spiro atoms. The molecule has 0 aliphatic rings. The van der Waals surface area contributed by atoms with Gasteiger partial charge in [-0.1, -0.05) is 23.2 Å². The van der Waals surface area contributed by atoms with Crippen LogP contribution >= 0.6 is 58.0 Å². The fourth-order valence-corrected chi connectivity index (χ4v) is 3.41. The molecule has 0 fully saturated rings. The Kier molecular flexibility index (Phi) is 3.79. The Labute approximate surface area is 142 Å². The van der Waals surface area contributed by atoms with Gasteiger partial charge in [-0.25, -0.2) is 4.39 Å². The van der Waals surface area contributed by atoms with E-state index in [9.17, 15) is 4.39 Å². The lowest BCUT2D eigenvalue weighted by atomic mass is 10.2. The first kappa shape index (κ1) is 14.3. The minimum absolute atomic E-state index is 0.0434. The van der Waals surface area contributed by atoms with Crippen LogP contribution in [-0.4, -0.2) is 9.55 Å². The number of halogens is 4. The van der Waals surface area contributed by atoms with Gasteiger partial charge in [0.15, 0.2) is 4.77 Å². The molecule has 1 N–H and O–H groups in total. The largest absolute Gasteiger partial charge is 0.330 e. The molecule has 0 radical (unpaired) electrons. The van der Waals surface area contributed by atoms with E-state index in [-0.39, 0.29) is 5.02 Å². The molecular formula is C13H6Cl2FIN2S. The van der Waals surface area contributed by atoms with E-state index in [1.807, 2.05) is 18.2 Å². The molecule has 20 heavy (non-hydrogen) atoms. The van der Waals surface area contributed by atoms with Crippen molar-refractivity contribution in [3.8, 4) is 5.69 Å². The third kappa shape index (κ3) is 2.36. The number of imidazole rings is 1. The smallest absolute Gasteiger partial charge is 0.182 e. The first-order valence-corrected chi connectivity index (χ1v) is 7.77. The van der Waals surface area contributed by atoms with Gasteiger partial charge in [-0.3, -0.25) is 4.57 Å². The number of nitrogens with one attached hydrogen (secondary N) is 1. The number of benzene rings is 2. The van der Waals surface area contributed by atoms with Gasteiger partial charge in [0.25, 0.3) is 0 Å². The van der Waals surface area contributed by atoms with E-state index in [1.54, 1.807) is 4.57 Å². The van der Waals surface area contributed by atoms with Gasteiger partial charge in [-0.05, 0) is 59.1 Å². The van der Waals surface area contributed by atoms with Gasteiger partial charge < -0.3 is 4.98 Å². The molecule has 7 heteroatoms. The van der Waals surface area contributed by atoms with Crippen molar-refractivity contribution in [3.05, 3.63) is 54.5 Å². The Morgan fingerprint density at radius 2 is 1.90 bits per heavy atom. The Balaban J connectivity index is 2.39. The molecule has 0 atom stereocenters. The van der Waals surface area contributed by atoms with E-state index < -0.39 is 5.82 Å². The van der Waals surface area contributed by atoms with Crippen molar-refractivity contribution < 1.29 is 4.39 Å². The van der Waals surface area contributed by atoms with Crippen LogP contribution in [0.4, 0.5) is 4.39 Å². The lowest BCUT2D eigenvalue weighted by Gasteiger charge is -2.08. The number of fused-ring (bicyclic) bond motifs is 1. The summed E-state index contributed by atoms with van der Waals surface area (Å²) in [5.74, 6) is -0.490. The molecule has 2 nitrogen and oxygen atoms in total. The van der Waals surface area contributed by atoms with Crippen LogP contribution in [0.2, 0.25) is 10.0 Å². The highest BCUT2D eigenvalue weighted by molar-refractivity contribution is 14.1. The van der Waals surface area contributed by atoms with E-state index in [2.05, 4.69) is 27.6 Å². The lowest BCUT2D eigenvalue weighted by Crippen LogP contribution is -1.95. The number of rotatable bonds is 1. The molecule has 0 bridgehead atoms. The summed E-state index contributed by atoms with van der Waals surface area (Å²) in [5, 5.41) is 0.608. The average Bonchev–Trinajstić information content (AvgIpc) is 2.66. The maximum absolute atomic E-state index is 13.5. The summed E-state index contributed by atoms with van der Waals surface area (Å²) in [6.07, 6.45) is 0. The molecule has 1 aromatic heterocycles. The topological polar surface area (TPSA) is 20.7 Å². The highest BCUT2D eigenvalue weighted by Crippen LogP contribution is 2.29. The van der Waals surface area contributed by atoms with E-state index >= 15 is 0 Å². The fraction of sp³-hybridized carbons (Fsp3) is 0. The predicted octanol–water partition coefficient (Wildman–Crippen LogP) is 5.74. The van der Waals surface area contributed by atoms with Gasteiger partial charge in [-0.2, -0.15) is 0 Å². The highest BCUT2D eigenvalue weighted by atomic mass is 127. The molecule has 0 saturated heterocycles. The summed E-state index contributed by atoms with van der Waals surface area (Å²) in [6.45, 7) is 0. The van der Waals surface area contributed by atoms with Gasteiger partial charge in [-0.15, -0.1) is 0 Å². The zero-order valence-corrected chi connectivity index (χ0v) is 14.2. The second kappa shape index (κ2) is 5.29. The molecule has 3 rings (SSSR count). The summed E-state index contributed by atoms with van der Waals surface area (Å²) in [4.78, 5) is 2.95. The number of hydrogen-bond acceptors (Lipinski definition) is 1. The molecule has 2 aromatic carbocycles. The SMILES string of the molecule is Fc1cc2[nH]c(=S)n(-c3ccc(I)cc3Cl)c2cc1Cl. The van der Waals surface area contributed by atoms with Crippen LogP contribution < -0.4 is 0 Å². The average molecular weight is 439 g/mol. The van der Waals surface area contributed by atoms with Crippen LogP contribution in [0.3, 0.4) is 0 Å². The van der Waals surface area contributed by atoms with Gasteiger partial charge in [0.1, 0.15) is 5.82 Å². The predicted molar refractivity (Wildman–Crippen MR) is 91.2 cm³/mol. The van der Waals surface area contributed by atoms with Crippen LogP contribution in [0.1, 0.15) is 0 Å². The van der Waals surface area contributed by atoms with Gasteiger partial charge in [0.05, 0.1) is 26.8 Å². The Morgan fingerprint density at radius 3 is 2.60 bits per heavy atom. The lowest BCUT2D eigenvalue weighted by molar-refractivity contribution is 0.630. The maximum atomic E-state index is 13.5. The molecule has 102 valence electrons. The van der Waals surface area contributed by atoms with Crippen molar-refractivity contribution in [2.24, 2.45) is 0 Å². The number of aromatic nitrogens is 2. The van der Waals surface area contributed by atoms with Crippen LogP contribution in [-0.2, 0) is 0 Å². The quantitative estimate of drug-likeness (QED) is 0.379. The molecule has 0 saturated carbocycles. The number of hydrogen-bond donors (Lipinski definition) is 1. The van der Waals surface area contributed by atoms with Crippen molar-refractivity contribution >= 4 is 69.0 Å². The molecule has 3 aromatic rings. The summed E-state index contributed by atoms with van der Waals surface area (Å²) in [7, 11) is 0. The van der Waals surface area contributed by atoms with Gasteiger partial charge in [0.2, 0.25) is 0 Å². The summed E-state index contributed by atoms with van der Waals surface area (Å²) in [5.41, 5.74) is 1.99. The molecular weight excluding hydrogens is 433 g/mol. The van der Waals surface area contributed by atoms with E-state index in [0.29, 0.717) is 20.8 Å². The van der Waals surface area contributed by atoms with Crippen molar-refractivity contribution in [1.29, 1.82) is 0 Å². The third-order valence-electron chi connectivity index (χ3n) is 2.87. The summed E-state index contributed by atoms with van der Waals surface area (Å²) < 4.78 is 16.7. The zero-order chi connectivity index (χ0) is 14.4. The third-order valence-corrected chi connectivity index (χ3v) is 4.42. The van der Waals surface area contributed by atoms with Crippen molar-refractivity contribution in [3.63, 3.8) is 0 Å². The molecule has 0 unspecified atom stereocenters. The Hall–Kier alpha value is -0.630. The van der Waals surface area contributed by atoms with Crippen LogP contribution in [0.5, 0.6) is 0 Å². The number of nitrogens with zero attached hydrogens (tertiary/aromatic N) is 1. The second-order valence-corrected chi connectivity index (χ2v) is 6.59. The maximum Gasteiger partial charge on any atom is 0.182 e. The highest BCUT2D eigenvalue weighted by Gasteiger charge is 2.12. The van der Waals surface area contributed by atoms with Crippen molar-refractivity contribution in [1.82, 2.24) is 9.55 Å². The first-order valence-electron chi connectivity index (χ1n) is 5.52. The van der Waals surface area contributed by atoms with E-state index in [4.69, 9.17) is 35.4 Å². The van der Waals surface area contributed by atoms with E-state index in [1.165, 1.54) is 12.1 Å². The minimum atomic E-state index is -0.490. The monoisotopic (exact) mass is 438 g/mol. The Morgan fingerprint density at radius 1 is 1.15 bits per heavy atom. The van der Waals surface area contributed by atoms with Gasteiger partial charge in [0, 0.05) is 9.64 Å². The van der Waals surface area contributed by atoms with E-state index in [0.717, 1.165) is 9.26 Å². The molecule has 0 aliphatic heterocycles. The number of aromatic amines is 1. The molecule has 0 amide bonds. The Bertz CT molecular complexity index is 888. The van der Waals surface area contributed by atoms with Crippen LogP contribution in [0.25, 0.3) is 16.7 Å². The molecule has 1 heterocycles. The van der Waals surface area contributed by atoms with Crippen molar-refractivity contribution in [2.75, 3.05) is 0 Å². The van der Waals surface area contributed by atoms with Crippen LogP contribution in [0, 0.1) is 14.2 Å². The van der Waals surface area contributed by atoms with Crippen LogP contribution in [0.15, 0.2) is 30.3 Å². The summed E-state index contributed by atoms with van der Waals surface area (Å²) >= 11 is 19.6. The van der Waals surface area contributed by atoms with Gasteiger partial charge >= 0.3 is 0 Å². The normalized spacial score (nSPS) is 11.2. The number of H-pyrrole nitrogens is 1. The zero-order valence-electron chi connectivity index (χ0n) is 9.75. The standard InChI is InChI=1S/C13H6Cl2FIN2S/c14-7-4-12-10(5-9(7)16)18-13(20)19(12)11-2-1-6(17)3-8(11)15/h1-5H,(H,18,20). The summed E-state index contributed by atoms with van der Waals surface area (Å²) in [6, 6.07) is 8.48.